The Labute approximate surface area is 399 Å². The Morgan fingerprint density at radius 2 is 1.13 bits per heavy atom. The molecule has 2 nitrogen and oxygen atoms in total. The first-order valence-corrected chi connectivity index (χ1v) is 42.9. The minimum atomic E-state index is -0.706. The molecule has 53 heavy (non-hydrogen) atoms. The van der Waals surface area contributed by atoms with Gasteiger partial charge in [0.25, 0.3) is 0 Å². The maximum atomic E-state index is 11.8. The van der Waals surface area contributed by atoms with Gasteiger partial charge >= 0.3 is 0 Å². The summed E-state index contributed by atoms with van der Waals surface area (Å²) in [6.45, 7) is 21.6. The van der Waals surface area contributed by atoms with E-state index in [0.717, 1.165) is 43.9 Å². The Kier molecular flexibility index (Phi) is 27.1. The van der Waals surface area contributed by atoms with Crippen molar-refractivity contribution in [1.82, 2.24) is 0 Å². The van der Waals surface area contributed by atoms with Gasteiger partial charge < -0.3 is 10.2 Å². The van der Waals surface area contributed by atoms with Crippen molar-refractivity contribution in [3.05, 3.63) is 11.6 Å². The molecule has 0 saturated heterocycles. The molecule has 4 fully saturated rings. The summed E-state index contributed by atoms with van der Waals surface area (Å²) in [5.41, 5.74) is 1.68. The molecule has 4 saturated carbocycles. The summed E-state index contributed by atoms with van der Waals surface area (Å²) in [5, 5.41) is 23.5. The Bertz CT molecular complexity index is 1080. The van der Waals surface area contributed by atoms with Crippen LogP contribution in [0.2, 0.25) is 0 Å². The number of aliphatic hydroxyl groups excluding tert-OH is 1. The van der Waals surface area contributed by atoms with Crippen LogP contribution in [0.15, 0.2) is 11.6 Å². The van der Waals surface area contributed by atoms with Crippen molar-refractivity contribution in [1.29, 1.82) is 0 Å². The fourth-order valence-electron chi connectivity index (χ4n) is 10.7. The van der Waals surface area contributed by atoms with Gasteiger partial charge in [0, 0.05) is 19.7 Å². The lowest BCUT2D eigenvalue weighted by Gasteiger charge is -2.70. The third-order valence-electron chi connectivity index (χ3n) is 13.4. The van der Waals surface area contributed by atoms with Crippen molar-refractivity contribution in [2.45, 2.75) is 132 Å². The number of hydrogen-bond acceptors (Lipinski definition) is 22. The van der Waals surface area contributed by atoms with Crippen LogP contribution in [0.1, 0.15) is 120 Å². The number of rotatable bonds is 21. The molecule has 10 atom stereocenters. The van der Waals surface area contributed by atoms with Crippen LogP contribution in [0.25, 0.3) is 0 Å². The quantitative estimate of drug-likeness (QED) is 0.0381. The van der Waals surface area contributed by atoms with Crippen LogP contribution in [0, 0.1) is 51.2 Å². The van der Waals surface area contributed by atoms with E-state index in [1.54, 1.807) is 138 Å². The molecule has 0 radical (unpaired) electrons. The molecule has 4 aliphatic carbocycles. The van der Waals surface area contributed by atoms with Gasteiger partial charge in [-0.15, -0.1) is 0 Å². The second-order valence-corrected chi connectivity index (χ2v) is 48.3. The fraction of sp³-hybridized carbons (Fsp3) is 0.935. The van der Waals surface area contributed by atoms with Gasteiger partial charge in [0.1, 0.15) is 0 Å². The van der Waals surface area contributed by atoms with Gasteiger partial charge in [-0.3, -0.25) is 0 Å². The Morgan fingerprint density at radius 1 is 0.679 bits per heavy atom. The smallest absolute Gasteiger partial charge is 0.0654 e. The molecular formula is C31H56O2S20. The van der Waals surface area contributed by atoms with Gasteiger partial charge in [-0.1, -0.05) is 76.5 Å². The topological polar surface area (TPSA) is 40.5 Å². The highest BCUT2D eigenvalue weighted by Gasteiger charge is 2.71. The van der Waals surface area contributed by atoms with Crippen molar-refractivity contribution in [2.24, 2.45) is 51.2 Å². The predicted molar refractivity (Wildman–Crippen MR) is 293 cm³/mol. The maximum Gasteiger partial charge on any atom is 0.0654 e. The van der Waals surface area contributed by atoms with E-state index in [1.165, 1.54) is 50.9 Å². The summed E-state index contributed by atoms with van der Waals surface area (Å²) >= 11 is 8.09. The third-order valence-corrected chi connectivity index (χ3v) is 51.6. The number of fused-ring (bicyclic) bond motifs is 5. The maximum absolute atomic E-state index is 11.8. The first-order valence-electron chi connectivity index (χ1n) is 17.3. The second-order valence-electron chi connectivity index (χ2n) is 16.1. The zero-order valence-corrected chi connectivity index (χ0v) is 48.0. The van der Waals surface area contributed by atoms with Gasteiger partial charge in [0.2, 0.25) is 0 Å². The molecule has 4 rings (SSSR count). The minimum Gasteiger partial charge on any atom is -0.393 e. The number of allylic oxidation sites excluding steroid dienone is 2. The summed E-state index contributed by atoms with van der Waals surface area (Å²) in [4.78, 5) is 0. The molecule has 312 valence electrons. The lowest BCUT2D eigenvalue weighted by molar-refractivity contribution is -0.240. The standard InChI is InChI=1S/C31H54O2.H2S20/c1-20(2)11-10-15-31(9,33)22-13-17-30(8)26(22)23(32)19-25-28(6)16-12-21(3)27(4,5)24(28)14-18-29(25,30)7;1-3-5-7-9-11-13-15-17-19-20-18-16-14-12-10-8-6-4-2/h11,21-26,32-33H,10,12-19H2,1-9H3;1-2H/t21?,22?,23?,24?,25?,26?,28?,29?,30-,31-;/m1./s1. The summed E-state index contributed by atoms with van der Waals surface area (Å²) in [5.74, 6) is 2.54. The van der Waals surface area contributed by atoms with Crippen molar-refractivity contribution in [2.75, 3.05) is 0 Å². The Balaban J connectivity index is 0.000000327. The highest BCUT2D eigenvalue weighted by atomic mass is 34.1. The number of thiol groups is 2. The lowest BCUT2D eigenvalue weighted by atomic mass is 9.34. The van der Waals surface area contributed by atoms with Gasteiger partial charge in [0.15, 0.2) is 0 Å². The molecule has 0 heterocycles. The molecule has 0 aliphatic heterocycles. The zero-order valence-electron chi connectivity index (χ0n) is 31.5. The number of aliphatic hydroxyl groups is 2. The third kappa shape index (κ3) is 15.1. The van der Waals surface area contributed by atoms with Gasteiger partial charge in [-0.2, -0.15) is 0 Å². The first kappa shape index (κ1) is 54.0. The molecule has 0 aromatic carbocycles. The average Bonchev–Trinajstić information content (AvgIpc) is 3.48. The molecule has 0 amide bonds. The molecule has 22 heteroatoms. The largest absolute Gasteiger partial charge is 0.393 e. The van der Waals surface area contributed by atoms with E-state index in [0.29, 0.717) is 16.7 Å². The minimum absolute atomic E-state index is 0.113. The highest BCUT2D eigenvalue weighted by Crippen LogP contribution is 2.76. The molecule has 0 bridgehead atoms. The Hall–Kier alpha value is 6.66. The Morgan fingerprint density at radius 3 is 1.58 bits per heavy atom. The van der Waals surface area contributed by atoms with Crippen molar-refractivity contribution in [3.8, 4) is 0 Å². The van der Waals surface area contributed by atoms with Crippen molar-refractivity contribution >= 4 is 200 Å². The van der Waals surface area contributed by atoms with Crippen LogP contribution in [-0.4, -0.2) is 21.9 Å². The number of hydrogen-bond donors (Lipinski definition) is 4. The van der Waals surface area contributed by atoms with Crippen LogP contribution >= 0.6 is 200 Å². The van der Waals surface area contributed by atoms with Crippen molar-refractivity contribution < 1.29 is 10.2 Å². The monoisotopic (exact) mass is 1100 g/mol. The molecule has 0 aromatic heterocycles. The van der Waals surface area contributed by atoms with Crippen LogP contribution in [0.3, 0.4) is 0 Å². The van der Waals surface area contributed by atoms with Gasteiger partial charge in [0.05, 0.1) is 11.7 Å². The second kappa shape index (κ2) is 26.6. The summed E-state index contributed by atoms with van der Waals surface area (Å²) in [6.07, 6.45) is 12.1. The van der Waals surface area contributed by atoms with E-state index >= 15 is 0 Å². The van der Waals surface area contributed by atoms with E-state index < -0.39 is 5.60 Å². The predicted octanol–water partition coefficient (Wildman–Crippen LogP) is 20.2. The molecule has 4 aliphatic rings. The van der Waals surface area contributed by atoms with Gasteiger partial charge in [-0.25, -0.2) is 0 Å². The van der Waals surface area contributed by atoms with E-state index in [2.05, 4.69) is 91.7 Å². The van der Waals surface area contributed by atoms with Crippen LogP contribution in [-0.2, 0) is 0 Å². The van der Waals surface area contributed by atoms with E-state index in [4.69, 9.17) is 0 Å². The SMILES string of the molecule is CC(C)=CCC[C@@](C)(O)C1CC[C@]2(C)C1C(O)CC1C3(C)CCC(C)C(C)(C)C3CCC12C.SSSSSSSSSSSSSSSSSSSS. The van der Waals surface area contributed by atoms with Crippen molar-refractivity contribution in [3.63, 3.8) is 0 Å². The van der Waals surface area contributed by atoms with Crippen LogP contribution in [0.4, 0.5) is 0 Å². The molecular weight excluding hydrogens is 1050 g/mol. The normalized spacial score (nSPS) is 35.6. The first-order chi connectivity index (χ1) is 25.0. The highest BCUT2D eigenvalue weighted by molar-refractivity contribution is 9.58. The van der Waals surface area contributed by atoms with Crippen LogP contribution in [0.5, 0.6) is 0 Å². The van der Waals surface area contributed by atoms with E-state index in [9.17, 15) is 10.2 Å². The summed E-state index contributed by atoms with van der Waals surface area (Å²) in [7, 11) is 31.4. The molecule has 0 aromatic rings. The average molecular weight is 1100 g/mol. The molecule has 2 N–H and O–H groups in total. The fourth-order valence-corrected chi connectivity index (χ4v) is 55.1. The van der Waals surface area contributed by atoms with Crippen LogP contribution < -0.4 is 0 Å². The molecule has 8 unspecified atom stereocenters. The zero-order chi connectivity index (χ0) is 39.3. The summed E-state index contributed by atoms with van der Waals surface area (Å²) < 4.78 is 0. The van der Waals surface area contributed by atoms with E-state index in [-0.39, 0.29) is 28.8 Å². The van der Waals surface area contributed by atoms with Gasteiger partial charge in [-0.05, 0) is 287 Å². The molecule has 0 spiro atoms. The summed E-state index contributed by atoms with van der Waals surface area (Å²) in [6, 6.07) is 0. The van der Waals surface area contributed by atoms with E-state index in [1.807, 2.05) is 19.7 Å². The lowest BCUT2D eigenvalue weighted by Crippen LogP contribution is -2.66.